The number of hydrogen-bond acceptors (Lipinski definition) is 3. The summed E-state index contributed by atoms with van der Waals surface area (Å²) >= 11 is 12.0. The average molecular weight is 318 g/mol. The van der Waals surface area contributed by atoms with Crippen LogP contribution < -0.4 is 16.0 Å². The van der Waals surface area contributed by atoms with E-state index >= 15 is 0 Å². The van der Waals surface area contributed by atoms with Gasteiger partial charge in [0.2, 0.25) is 0 Å². The van der Waals surface area contributed by atoms with Gasteiger partial charge in [0, 0.05) is 20.1 Å². The van der Waals surface area contributed by atoms with Crippen LogP contribution in [0.2, 0.25) is 10.0 Å². The van der Waals surface area contributed by atoms with Gasteiger partial charge in [0.15, 0.2) is 0 Å². The minimum Gasteiger partial charge on any atom is -0.370 e. The highest BCUT2D eigenvalue weighted by molar-refractivity contribution is 6.42. The number of hydrogen-bond donors (Lipinski definition) is 3. The van der Waals surface area contributed by atoms with E-state index in [0.29, 0.717) is 23.2 Å². The van der Waals surface area contributed by atoms with E-state index in [2.05, 4.69) is 16.0 Å². The molecule has 1 saturated heterocycles. The number of carbonyl (C=O) groups excluding carboxylic acids is 1. The fourth-order valence-corrected chi connectivity index (χ4v) is 2.43. The summed E-state index contributed by atoms with van der Waals surface area (Å²) < 4.78 is 5.84. The molecule has 1 aliphatic heterocycles. The van der Waals surface area contributed by atoms with Crippen LogP contribution in [0.25, 0.3) is 0 Å². The van der Waals surface area contributed by atoms with Gasteiger partial charge < -0.3 is 20.7 Å². The monoisotopic (exact) mass is 317 g/mol. The lowest BCUT2D eigenvalue weighted by Crippen LogP contribution is -2.47. The highest BCUT2D eigenvalue weighted by atomic mass is 35.5. The number of urea groups is 1. The third-order valence-corrected chi connectivity index (χ3v) is 3.86. The molecule has 2 atom stereocenters. The Balaban J connectivity index is 2.22. The molecule has 0 spiro atoms. The van der Waals surface area contributed by atoms with Crippen molar-refractivity contribution in [1.29, 1.82) is 0 Å². The van der Waals surface area contributed by atoms with Crippen molar-refractivity contribution < 1.29 is 9.53 Å². The van der Waals surface area contributed by atoms with Gasteiger partial charge in [-0.05, 0) is 17.7 Å². The maximum atomic E-state index is 11.5. The van der Waals surface area contributed by atoms with Crippen LogP contribution in [0, 0.1) is 0 Å². The Morgan fingerprint density at radius 3 is 2.90 bits per heavy atom. The molecule has 0 saturated carbocycles. The summed E-state index contributed by atoms with van der Waals surface area (Å²) in [5.74, 6) is 0. The van der Waals surface area contributed by atoms with E-state index in [-0.39, 0.29) is 18.2 Å². The lowest BCUT2D eigenvalue weighted by molar-refractivity contribution is 0.0464. The Labute approximate surface area is 128 Å². The van der Waals surface area contributed by atoms with Gasteiger partial charge in [-0.2, -0.15) is 0 Å². The third-order valence-electron chi connectivity index (χ3n) is 3.12. The topological polar surface area (TPSA) is 62.4 Å². The molecule has 2 rings (SSSR count). The molecule has 0 radical (unpaired) electrons. The van der Waals surface area contributed by atoms with Gasteiger partial charge in [0.05, 0.1) is 22.7 Å². The van der Waals surface area contributed by atoms with Gasteiger partial charge in [-0.3, -0.25) is 0 Å². The van der Waals surface area contributed by atoms with Crippen molar-refractivity contribution in [2.75, 3.05) is 26.7 Å². The summed E-state index contributed by atoms with van der Waals surface area (Å²) in [5, 5.41) is 9.62. The number of nitrogens with one attached hydrogen (secondary N) is 3. The van der Waals surface area contributed by atoms with E-state index in [1.54, 1.807) is 19.2 Å². The molecule has 7 heteroatoms. The zero-order valence-electron chi connectivity index (χ0n) is 11.1. The molecule has 20 heavy (non-hydrogen) atoms. The zero-order valence-corrected chi connectivity index (χ0v) is 12.6. The summed E-state index contributed by atoms with van der Waals surface area (Å²) in [5.41, 5.74) is 0.893. The first-order valence-corrected chi connectivity index (χ1v) is 7.13. The fraction of sp³-hybridized carbons (Fsp3) is 0.462. The van der Waals surface area contributed by atoms with E-state index in [4.69, 9.17) is 27.9 Å². The predicted octanol–water partition coefficient (Wildman–Crippen LogP) is 1.95. The Kier molecular flexibility index (Phi) is 5.48. The molecule has 0 bridgehead atoms. The van der Waals surface area contributed by atoms with Crippen LogP contribution in [0.5, 0.6) is 0 Å². The Bertz CT molecular complexity index is 485. The SMILES string of the molecule is CNC(=O)N[C@@H]1CNCCO[C@H]1c1ccc(Cl)c(Cl)c1. The molecule has 0 aliphatic carbocycles. The maximum Gasteiger partial charge on any atom is 0.314 e. The lowest BCUT2D eigenvalue weighted by Gasteiger charge is -2.26. The van der Waals surface area contributed by atoms with Crippen molar-refractivity contribution in [3.8, 4) is 0 Å². The maximum absolute atomic E-state index is 11.5. The van der Waals surface area contributed by atoms with Gasteiger partial charge in [0.25, 0.3) is 0 Å². The number of halogens is 2. The molecule has 0 unspecified atom stereocenters. The van der Waals surface area contributed by atoms with Gasteiger partial charge in [-0.15, -0.1) is 0 Å². The second-order valence-corrected chi connectivity index (χ2v) is 5.31. The minimum absolute atomic E-state index is 0.185. The molecule has 3 N–H and O–H groups in total. The molecule has 110 valence electrons. The standard InChI is InChI=1S/C13H17Cl2N3O2/c1-16-13(19)18-11-7-17-4-5-20-12(11)8-2-3-9(14)10(15)6-8/h2-3,6,11-12,17H,4-5,7H2,1H3,(H2,16,18,19)/t11-,12+/m1/s1. The lowest BCUT2D eigenvalue weighted by atomic mass is 10.0. The first-order chi connectivity index (χ1) is 9.61. The minimum atomic E-state index is -0.267. The van der Waals surface area contributed by atoms with Gasteiger partial charge in [0.1, 0.15) is 6.10 Å². The van der Waals surface area contributed by atoms with Crippen molar-refractivity contribution in [3.05, 3.63) is 33.8 Å². The van der Waals surface area contributed by atoms with Gasteiger partial charge in [-0.1, -0.05) is 29.3 Å². The van der Waals surface area contributed by atoms with E-state index in [1.807, 2.05) is 6.07 Å². The first-order valence-electron chi connectivity index (χ1n) is 6.37. The van der Waals surface area contributed by atoms with Crippen molar-refractivity contribution in [2.24, 2.45) is 0 Å². The largest absolute Gasteiger partial charge is 0.370 e. The molecule has 1 aliphatic rings. The van der Waals surface area contributed by atoms with Crippen LogP contribution in [0.15, 0.2) is 18.2 Å². The molecule has 0 aromatic heterocycles. The Morgan fingerprint density at radius 1 is 1.40 bits per heavy atom. The molecule has 1 heterocycles. The Morgan fingerprint density at radius 2 is 2.20 bits per heavy atom. The molecular formula is C13H17Cl2N3O2. The third kappa shape index (κ3) is 3.76. The van der Waals surface area contributed by atoms with E-state index in [9.17, 15) is 4.79 Å². The van der Waals surface area contributed by atoms with Crippen molar-refractivity contribution in [2.45, 2.75) is 12.1 Å². The smallest absolute Gasteiger partial charge is 0.314 e. The quantitative estimate of drug-likeness (QED) is 0.781. The highest BCUT2D eigenvalue weighted by Gasteiger charge is 2.27. The van der Waals surface area contributed by atoms with Gasteiger partial charge in [-0.25, -0.2) is 4.79 Å². The molecule has 1 fully saturated rings. The van der Waals surface area contributed by atoms with Crippen LogP contribution in [0.3, 0.4) is 0 Å². The number of benzene rings is 1. The van der Waals surface area contributed by atoms with E-state index in [0.717, 1.165) is 12.1 Å². The highest BCUT2D eigenvalue weighted by Crippen LogP contribution is 2.29. The molecule has 2 amide bonds. The van der Waals surface area contributed by atoms with Crippen LogP contribution in [-0.2, 0) is 4.74 Å². The van der Waals surface area contributed by atoms with Crippen molar-refractivity contribution in [1.82, 2.24) is 16.0 Å². The number of ether oxygens (including phenoxy) is 1. The van der Waals surface area contributed by atoms with E-state index in [1.165, 1.54) is 0 Å². The summed E-state index contributed by atoms with van der Waals surface area (Å²) in [6.07, 6.45) is -0.267. The molecule has 1 aromatic carbocycles. The van der Waals surface area contributed by atoms with Gasteiger partial charge >= 0.3 is 6.03 Å². The second kappa shape index (κ2) is 7.13. The van der Waals surface area contributed by atoms with Crippen LogP contribution in [-0.4, -0.2) is 38.8 Å². The Hall–Kier alpha value is -1.01. The predicted molar refractivity (Wildman–Crippen MR) is 79.4 cm³/mol. The van der Waals surface area contributed by atoms with Crippen LogP contribution >= 0.6 is 23.2 Å². The fourth-order valence-electron chi connectivity index (χ4n) is 2.12. The summed E-state index contributed by atoms with van der Waals surface area (Å²) in [6, 6.07) is 4.95. The number of amides is 2. The summed E-state index contributed by atoms with van der Waals surface area (Å²) in [7, 11) is 1.58. The molecule has 1 aromatic rings. The number of carbonyl (C=O) groups is 1. The molecule has 5 nitrogen and oxygen atoms in total. The summed E-state index contributed by atoms with van der Waals surface area (Å²) in [4.78, 5) is 11.5. The van der Waals surface area contributed by atoms with Crippen LogP contribution in [0.4, 0.5) is 4.79 Å². The normalized spacial score (nSPS) is 22.9. The molecular weight excluding hydrogens is 301 g/mol. The van der Waals surface area contributed by atoms with Crippen molar-refractivity contribution in [3.63, 3.8) is 0 Å². The first kappa shape index (κ1) is 15.4. The number of rotatable bonds is 2. The van der Waals surface area contributed by atoms with Crippen LogP contribution in [0.1, 0.15) is 11.7 Å². The average Bonchev–Trinajstić information content (AvgIpc) is 2.67. The summed E-state index contributed by atoms with van der Waals surface area (Å²) in [6.45, 7) is 1.93. The van der Waals surface area contributed by atoms with Crippen molar-refractivity contribution >= 4 is 29.2 Å². The second-order valence-electron chi connectivity index (χ2n) is 4.50. The zero-order chi connectivity index (χ0) is 14.5. The van der Waals surface area contributed by atoms with E-state index < -0.39 is 0 Å².